The topological polar surface area (TPSA) is 64.6 Å². The normalized spacial score (nSPS) is 16.2. The fourth-order valence-corrected chi connectivity index (χ4v) is 3.99. The minimum Gasteiger partial charge on any atom is -0.462 e. The van der Waals surface area contributed by atoms with E-state index < -0.39 is 5.41 Å². The van der Waals surface area contributed by atoms with Crippen molar-refractivity contribution in [2.75, 3.05) is 25.1 Å². The van der Waals surface area contributed by atoms with Gasteiger partial charge >= 0.3 is 5.97 Å². The van der Waals surface area contributed by atoms with Crippen LogP contribution in [0.4, 0.5) is 5.69 Å². The molecule has 0 radical (unpaired) electrons. The van der Waals surface area contributed by atoms with E-state index >= 15 is 0 Å². The summed E-state index contributed by atoms with van der Waals surface area (Å²) in [5, 5.41) is 4.99. The number of esters is 1. The molecule has 0 unspecified atom stereocenters. The lowest BCUT2D eigenvalue weighted by atomic mass is 9.78. The van der Waals surface area contributed by atoms with Crippen molar-refractivity contribution in [3.8, 4) is 0 Å². The highest BCUT2D eigenvalue weighted by molar-refractivity contribution is 7.10. The van der Waals surface area contributed by atoms with Gasteiger partial charge in [0.25, 0.3) is 0 Å². The van der Waals surface area contributed by atoms with E-state index in [1.807, 2.05) is 17.5 Å². The van der Waals surface area contributed by atoms with Crippen molar-refractivity contribution < 1.29 is 19.1 Å². The number of thiophene rings is 1. The minimum atomic E-state index is -0.549. The first-order chi connectivity index (χ1) is 12.2. The summed E-state index contributed by atoms with van der Waals surface area (Å²) in [6, 6.07) is 10.8. The Labute approximate surface area is 151 Å². The van der Waals surface area contributed by atoms with E-state index in [-0.39, 0.29) is 11.9 Å². The molecule has 132 valence electrons. The molecule has 0 bridgehead atoms. The third-order valence-corrected chi connectivity index (χ3v) is 5.50. The molecule has 1 aromatic heterocycles. The summed E-state index contributed by atoms with van der Waals surface area (Å²) in [5.41, 5.74) is 0.589. The Morgan fingerprint density at radius 2 is 1.92 bits per heavy atom. The Morgan fingerprint density at radius 3 is 2.52 bits per heavy atom. The van der Waals surface area contributed by atoms with Gasteiger partial charge in [-0.3, -0.25) is 4.79 Å². The fourth-order valence-electron chi connectivity index (χ4n) is 3.01. The summed E-state index contributed by atoms with van der Waals surface area (Å²) in [4.78, 5) is 25.8. The van der Waals surface area contributed by atoms with Gasteiger partial charge in [0.2, 0.25) is 5.91 Å². The molecule has 1 aliphatic heterocycles. The molecular weight excluding hydrogens is 338 g/mol. The number of carbonyl (C=O) groups excluding carboxylic acids is 2. The molecule has 0 saturated carbocycles. The molecule has 2 aromatic rings. The van der Waals surface area contributed by atoms with Gasteiger partial charge in [-0.25, -0.2) is 4.79 Å². The summed E-state index contributed by atoms with van der Waals surface area (Å²) in [5.74, 6) is -0.387. The van der Waals surface area contributed by atoms with E-state index in [4.69, 9.17) is 9.47 Å². The molecule has 6 heteroatoms. The number of hydrogen-bond acceptors (Lipinski definition) is 5. The van der Waals surface area contributed by atoms with E-state index in [0.29, 0.717) is 43.9 Å². The fraction of sp³-hybridized carbons (Fsp3) is 0.368. The van der Waals surface area contributed by atoms with Crippen molar-refractivity contribution in [3.05, 3.63) is 52.2 Å². The zero-order valence-corrected chi connectivity index (χ0v) is 14.9. The van der Waals surface area contributed by atoms with Gasteiger partial charge < -0.3 is 14.8 Å². The molecule has 0 aliphatic carbocycles. The van der Waals surface area contributed by atoms with E-state index in [0.717, 1.165) is 4.88 Å². The molecule has 5 nitrogen and oxygen atoms in total. The summed E-state index contributed by atoms with van der Waals surface area (Å²) in [7, 11) is 0. The zero-order chi connectivity index (χ0) is 17.7. The predicted molar refractivity (Wildman–Crippen MR) is 97.1 cm³/mol. The molecule has 2 heterocycles. The van der Waals surface area contributed by atoms with E-state index in [2.05, 4.69) is 5.32 Å². The van der Waals surface area contributed by atoms with E-state index in [9.17, 15) is 9.59 Å². The quantitative estimate of drug-likeness (QED) is 0.828. The second-order valence-corrected chi connectivity index (χ2v) is 6.87. The Hall–Kier alpha value is -2.18. The molecule has 3 rings (SSSR count). The number of hydrogen-bond donors (Lipinski definition) is 1. The van der Waals surface area contributed by atoms with Crippen LogP contribution in [0.3, 0.4) is 0 Å². The van der Waals surface area contributed by atoms with Gasteiger partial charge in [-0.15, -0.1) is 11.3 Å². The standard InChI is InChI=1S/C19H21NO4S/c1-2-24-17(21)14-5-7-15(8-6-14)20-18(22)19(9-11-23-12-10-19)16-4-3-13-25-16/h3-8,13H,2,9-12H2,1H3,(H,20,22). The molecule has 1 aliphatic rings. The van der Waals surface area contributed by atoms with Crippen LogP contribution >= 0.6 is 11.3 Å². The van der Waals surface area contributed by atoms with Gasteiger partial charge in [0.15, 0.2) is 0 Å². The van der Waals surface area contributed by atoms with Crippen molar-refractivity contribution in [1.82, 2.24) is 0 Å². The maximum Gasteiger partial charge on any atom is 0.338 e. The molecular formula is C19H21NO4S. The third kappa shape index (κ3) is 3.75. The van der Waals surface area contributed by atoms with Crippen LogP contribution in [0, 0.1) is 0 Å². The third-order valence-electron chi connectivity index (χ3n) is 4.43. The summed E-state index contributed by atoms with van der Waals surface area (Å²) in [6.07, 6.45) is 1.33. The van der Waals surface area contributed by atoms with Crippen molar-refractivity contribution in [2.45, 2.75) is 25.2 Å². The van der Waals surface area contributed by atoms with Crippen LogP contribution in [0.25, 0.3) is 0 Å². The van der Waals surface area contributed by atoms with Crippen molar-refractivity contribution in [2.24, 2.45) is 0 Å². The van der Waals surface area contributed by atoms with Gasteiger partial charge in [-0.05, 0) is 55.5 Å². The highest BCUT2D eigenvalue weighted by atomic mass is 32.1. The predicted octanol–water partition coefficient (Wildman–Crippen LogP) is 3.61. The lowest BCUT2D eigenvalue weighted by Crippen LogP contribution is -2.44. The summed E-state index contributed by atoms with van der Waals surface area (Å²) < 4.78 is 10.4. The van der Waals surface area contributed by atoms with Gasteiger partial charge in [-0.1, -0.05) is 6.07 Å². The number of anilines is 1. The van der Waals surface area contributed by atoms with E-state index in [1.165, 1.54) is 0 Å². The Morgan fingerprint density at radius 1 is 1.20 bits per heavy atom. The Bertz CT molecular complexity index is 718. The smallest absolute Gasteiger partial charge is 0.338 e. The average Bonchev–Trinajstić information content (AvgIpc) is 3.18. The van der Waals surface area contributed by atoms with Gasteiger partial charge in [0, 0.05) is 23.8 Å². The van der Waals surface area contributed by atoms with E-state index in [1.54, 1.807) is 42.5 Å². The van der Waals surface area contributed by atoms with Crippen LogP contribution in [0.2, 0.25) is 0 Å². The monoisotopic (exact) mass is 359 g/mol. The van der Waals surface area contributed by atoms with Crippen LogP contribution in [0.15, 0.2) is 41.8 Å². The zero-order valence-electron chi connectivity index (χ0n) is 14.1. The number of nitrogens with one attached hydrogen (secondary N) is 1. The van der Waals surface area contributed by atoms with Gasteiger partial charge in [-0.2, -0.15) is 0 Å². The van der Waals surface area contributed by atoms with Crippen LogP contribution < -0.4 is 5.32 Å². The number of benzene rings is 1. The Kier molecular flexibility index (Phi) is 5.50. The lowest BCUT2D eigenvalue weighted by Gasteiger charge is -2.35. The molecule has 0 spiro atoms. The number of amides is 1. The summed E-state index contributed by atoms with van der Waals surface area (Å²) >= 11 is 1.60. The number of ether oxygens (including phenoxy) is 2. The summed E-state index contributed by atoms with van der Waals surface area (Å²) in [6.45, 7) is 3.26. The first-order valence-electron chi connectivity index (χ1n) is 8.36. The van der Waals surface area contributed by atoms with Crippen LogP contribution in [0.5, 0.6) is 0 Å². The minimum absolute atomic E-state index is 0.0258. The maximum atomic E-state index is 13.1. The largest absolute Gasteiger partial charge is 0.462 e. The second-order valence-electron chi connectivity index (χ2n) is 5.92. The molecule has 1 aromatic carbocycles. The van der Waals surface area contributed by atoms with Crippen molar-refractivity contribution in [1.29, 1.82) is 0 Å². The molecule has 0 atom stereocenters. The van der Waals surface area contributed by atoms with Crippen molar-refractivity contribution >= 4 is 28.9 Å². The number of rotatable bonds is 5. The van der Waals surface area contributed by atoms with Crippen LogP contribution in [-0.4, -0.2) is 31.7 Å². The van der Waals surface area contributed by atoms with Crippen LogP contribution in [-0.2, 0) is 19.7 Å². The molecule has 1 N–H and O–H groups in total. The Balaban J connectivity index is 1.77. The van der Waals surface area contributed by atoms with Crippen LogP contribution in [0.1, 0.15) is 35.0 Å². The number of carbonyl (C=O) groups is 2. The van der Waals surface area contributed by atoms with Crippen molar-refractivity contribution in [3.63, 3.8) is 0 Å². The highest BCUT2D eigenvalue weighted by Gasteiger charge is 2.42. The second kappa shape index (κ2) is 7.80. The SMILES string of the molecule is CCOC(=O)c1ccc(NC(=O)C2(c3cccs3)CCOCC2)cc1. The molecule has 25 heavy (non-hydrogen) atoms. The van der Waals surface area contributed by atoms with Gasteiger partial charge in [0.1, 0.15) is 0 Å². The maximum absolute atomic E-state index is 13.1. The molecule has 1 fully saturated rings. The average molecular weight is 359 g/mol. The first kappa shape index (κ1) is 17.6. The first-order valence-corrected chi connectivity index (χ1v) is 9.24. The molecule has 1 saturated heterocycles. The molecule has 1 amide bonds. The highest BCUT2D eigenvalue weighted by Crippen LogP contribution is 2.38. The lowest BCUT2D eigenvalue weighted by molar-refractivity contribution is -0.125. The van der Waals surface area contributed by atoms with Gasteiger partial charge in [0.05, 0.1) is 17.6 Å².